The summed E-state index contributed by atoms with van der Waals surface area (Å²) < 4.78 is 11.9. The molecular weight excluding hydrogens is 441 g/mol. The maximum absolute atomic E-state index is 6.09. The Morgan fingerprint density at radius 3 is 2.62 bits per heavy atom. The molecule has 2 fully saturated rings. The van der Waals surface area contributed by atoms with Gasteiger partial charge in [0, 0.05) is 45.8 Å². The highest BCUT2D eigenvalue weighted by atomic mass is 127. The Kier molecular flexibility index (Phi) is 10.8. The number of halogens is 1. The van der Waals surface area contributed by atoms with Crippen LogP contribution in [0.15, 0.2) is 4.99 Å². The lowest BCUT2D eigenvalue weighted by Gasteiger charge is -2.39. The second-order valence-electron chi connectivity index (χ2n) is 8.69. The number of nitrogens with zero attached hydrogens (tertiary/aromatic N) is 2. The smallest absolute Gasteiger partial charge is 0.193 e. The van der Waals surface area contributed by atoms with Crippen LogP contribution < -0.4 is 5.32 Å². The van der Waals surface area contributed by atoms with E-state index in [1.54, 1.807) is 0 Å². The summed E-state index contributed by atoms with van der Waals surface area (Å²) in [6, 6.07) is 0. The first kappa shape index (κ1) is 24.0. The lowest BCUT2D eigenvalue weighted by Crippen LogP contribution is -2.43. The van der Waals surface area contributed by atoms with Crippen LogP contribution in [0.5, 0.6) is 0 Å². The van der Waals surface area contributed by atoms with Crippen LogP contribution in [-0.2, 0) is 9.47 Å². The Balaban J connectivity index is 0.00000338. The van der Waals surface area contributed by atoms with Crippen LogP contribution >= 0.6 is 24.0 Å². The molecule has 0 radical (unpaired) electrons. The molecule has 0 aromatic heterocycles. The van der Waals surface area contributed by atoms with E-state index in [0.717, 1.165) is 57.8 Å². The highest BCUT2D eigenvalue weighted by Crippen LogP contribution is 2.34. The quantitative estimate of drug-likeness (QED) is 0.248. The van der Waals surface area contributed by atoms with Crippen molar-refractivity contribution in [3.63, 3.8) is 0 Å². The Hall–Kier alpha value is -0.0800. The fourth-order valence-corrected chi connectivity index (χ4v) is 3.50. The van der Waals surface area contributed by atoms with E-state index in [2.05, 4.69) is 45.0 Å². The van der Waals surface area contributed by atoms with Gasteiger partial charge in [-0.3, -0.25) is 4.99 Å². The summed E-state index contributed by atoms with van der Waals surface area (Å²) in [5.74, 6) is 2.31. The van der Waals surface area contributed by atoms with E-state index in [1.807, 2.05) is 0 Å². The van der Waals surface area contributed by atoms with Crippen molar-refractivity contribution in [2.24, 2.45) is 22.2 Å². The maximum atomic E-state index is 6.09. The van der Waals surface area contributed by atoms with Crippen LogP contribution in [-0.4, -0.2) is 63.5 Å². The second kappa shape index (κ2) is 11.7. The average Bonchev–Trinajstić information content (AvgIpc) is 3.39. The zero-order valence-electron chi connectivity index (χ0n) is 17.4. The molecule has 0 aromatic carbocycles. The fourth-order valence-electron chi connectivity index (χ4n) is 3.50. The number of rotatable bonds is 8. The molecule has 5 nitrogen and oxygen atoms in total. The molecular formula is C20H40IN3O2. The number of hydrogen-bond acceptors (Lipinski definition) is 3. The van der Waals surface area contributed by atoms with Gasteiger partial charge < -0.3 is 19.7 Å². The molecule has 2 atom stereocenters. The normalized spacial score (nSPS) is 24.1. The van der Waals surface area contributed by atoms with E-state index >= 15 is 0 Å². The van der Waals surface area contributed by atoms with Crippen LogP contribution in [0, 0.1) is 17.3 Å². The molecule has 26 heavy (non-hydrogen) atoms. The van der Waals surface area contributed by atoms with Crippen LogP contribution in [0.2, 0.25) is 0 Å². The van der Waals surface area contributed by atoms with Crippen molar-refractivity contribution in [1.82, 2.24) is 10.2 Å². The molecule has 1 heterocycles. The van der Waals surface area contributed by atoms with E-state index in [9.17, 15) is 0 Å². The molecule has 0 bridgehead atoms. The third-order valence-electron chi connectivity index (χ3n) is 5.09. The monoisotopic (exact) mass is 481 g/mol. The lowest BCUT2D eigenvalue weighted by molar-refractivity contribution is -0.0824. The SMILES string of the molecule is CCNC(=NCC1CCCOC1C(C)(C)C)N(C)CCOCC1CC1.I. The first-order valence-corrected chi connectivity index (χ1v) is 10.1. The van der Waals surface area contributed by atoms with Gasteiger partial charge in [0.05, 0.1) is 12.7 Å². The summed E-state index contributed by atoms with van der Waals surface area (Å²) in [7, 11) is 2.10. The van der Waals surface area contributed by atoms with Crippen molar-refractivity contribution >= 4 is 29.9 Å². The predicted octanol–water partition coefficient (Wildman–Crippen LogP) is 3.77. The molecule has 6 heteroatoms. The van der Waals surface area contributed by atoms with Crippen molar-refractivity contribution < 1.29 is 9.47 Å². The molecule has 1 aliphatic heterocycles. The molecule has 1 saturated carbocycles. The Bertz CT molecular complexity index is 422. The fraction of sp³-hybridized carbons (Fsp3) is 0.950. The highest BCUT2D eigenvalue weighted by molar-refractivity contribution is 14.0. The summed E-state index contributed by atoms with van der Waals surface area (Å²) in [5, 5.41) is 3.42. The van der Waals surface area contributed by atoms with Crippen LogP contribution in [0.4, 0.5) is 0 Å². The summed E-state index contributed by atoms with van der Waals surface area (Å²) in [6.45, 7) is 14.1. The van der Waals surface area contributed by atoms with Crippen LogP contribution in [0.1, 0.15) is 53.4 Å². The molecule has 0 spiro atoms. The van der Waals surface area contributed by atoms with Crippen molar-refractivity contribution in [3.05, 3.63) is 0 Å². The standard InChI is InChI=1S/C20H39N3O2.HI/c1-6-21-19(23(5)11-13-24-15-16-9-10-16)22-14-17-8-7-12-25-18(17)20(2,3)4;/h16-18H,6-15H2,1-5H3,(H,21,22);1H. The second-order valence-corrected chi connectivity index (χ2v) is 8.69. The third-order valence-corrected chi connectivity index (χ3v) is 5.09. The molecule has 1 N–H and O–H groups in total. The zero-order chi connectivity index (χ0) is 18.3. The largest absolute Gasteiger partial charge is 0.379 e. The van der Waals surface area contributed by atoms with Gasteiger partial charge in [-0.15, -0.1) is 24.0 Å². The summed E-state index contributed by atoms with van der Waals surface area (Å²) in [5.41, 5.74) is 0.168. The van der Waals surface area contributed by atoms with Gasteiger partial charge in [-0.1, -0.05) is 20.8 Å². The topological polar surface area (TPSA) is 46.1 Å². The third kappa shape index (κ3) is 8.30. The Labute approximate surface area is 177 Å². The summed E-state index contributed by atoms with van der Waals surface area (Å²) >= 11 is 0. The number of ether oxygens (including phenoxy) is 2. The number of nitrogens with one attached hydrogen (secondary N) is 1. The molecule has 1 saturated heterocycles. The molecule has 0 amide bonds. The van der Waals surface area contributed by atoms with E-state index in [0.29, 0.717) is 12.0 Å². The van der Waals surface area contributed by atoms with E-state index in [4.69, 9.17) is 14.5 Å². The van der Waals surface area contributed by atoms with Crippen molar-refractivity contribution in [1.29, 1.82) is 0 Å². The van der Waals surface area contributed by atoms with Crippen LogP contribution in [0.3, 0.4) is 0 Å². The summed E-state index contributed by atoms with van der Waals surface area (Å²) in [4.78, 5) is 7.11. The first-order valence-electron chi connectivity index (χ1n) is 10.1. The van der Waals surface area contributed by atoms with Gasteiger partial charge in [-0.05, 0) is 43.9 Å². The van der Waals surface area contributed by atoms with E-state index < -0.39 is 0 Å². The maximum Gasteiger partial charge on any atom is 0.193 e. The van der Waals surface area contributed by atoms with Gasteiger partial charge in [-0.2, -0.15) is 0 Å². The van der Waals surface area contributed by atoms with Gasteiger partial charge in [0.2, 0.25) is 0 Å². The van der Waals surface area contributed by atoms with Crippen molar-refractivity contribution in [2.75, 3.05) is 46.5 Å². The van der Waals surface area contributed by atoms with Gasteiger partial charge in [0.25, 0.3) is 0 Å². The van der Waals surface area contributed by atoms with Crippen molar-refractivity contribution in [3.8, 4) is 0 Å². The molecule has 2 unspecified atom stereocenters. The molecule has 154 valence electrons. The first-order chi connectivity index (χ1) is 11.9. The van der Waals surface area contributed by atoms with Crippen LogP contribution in [0.25, 0.3) is 0 Å². The van der Waals surface area contributed by atoms with Gasteiger partial charge in [0.15, 0.2) is 5.96 Å². The number of likely N-dealkylation sites (N-methyl/N-ethyl adjacent to an activating group) is 1. The van der Waals surface area contributed by atoms with Gasteiger partial charge in [0.1, 0.15) is 0 Å². The minimum absolute atomic E-state index is 0. The minimum atomic E-state index is 0. The molecule has 2 rings (SSSR count). The highest BCUT2D eigenvalue weighted by Gasteiger charge is 2.35. The van der Waals surface area contributed by atoms with Gasteiger partial charge >= 0.3 is 0 Å². The zero-order valence-corrected chi connectivity index (χ0v) is 19.8. The predicted molar refractivity (Wildman–Crippen MR) is 119 cm³/mol. The van der Waals surface area contributed by atoms with E-state index in [1.165, 1.54) is 19.3 Å². The summed E-state index contributed by atoms with van der Waals surface area (Å²) in [6.07, 6.45) is 5.34. The molecule has 1 aliphatic carbocycles. The van der Waals surface area contributed by atoms with Crippen molar-refractivity contribution in [2.45, 2.75) is 59.5 Å². The lowest BCUT2D eigenvalue weighted by atomic mass is 9.78. The number of guanidine groups is 1. The Morgan fingerprint density at radius 1 is 1.27 bits per heavy atom. The number of hydrogen-bond donors (Lipinski definition) is 1. The number of aliphatic imine (C=N–C) groups is 1. The van der Waals surface area contributed by atoms with E-state index in [-0.39, 0.29) is 29.4 Å². The Morgan fingerprint density at radius 2 is 2.00 bits per heavy atom. The van der Waals surface area contributed by atoms with Gasteiger partial charge in [-0.25, -0.2) is 0 Å². The molecule has 0 aromatic rings. The average molecular weight is 481 g/mol. The minimum Gasteiger partial charge on any atom is -0.379 e. The molecule has 2 aliphatic rings.